The fraction of sp³-hybridized carbons (Fsp3) is 0.310. The van der Waals surface area contributed by atoms with Gasteiger partial charge in [0.25, 0.3) is 5.91 Å². The van der Waals surface area contributed by atoms with Gasteiger partial charge >= 0.3 is 0 Å². The zero-order valence-electron chi connectivity index (χ0n) is 20.5. The minimum absolute atomic E-state index is 0.00743. The SMILES string of the molecule is CC(C)(C)CCOc1ccc(C(=O)N2CCOc3ccc(-c4ccc5nc[nH]c5c4)cc3C2)cc1. The lowest BCUT2D eigenvalue weighted by atomic mass is 9.93. The van der Waals surface area contributed by atoms with Crippen molar-refractivity contribution in [3.63, 3.8) is 0 Å². The standard InChI is InChI=1S/C29H31N3O3/c1-29(2,3)12-14-34-24-8-4-20(5-9-24)28(33)32-13-15-35-27-11-7-21(16-23(27)18-32)22-6-10-25-26(17-22)31-19-30-25/h4-11,16-17,19H,12-15,18H2,1-3H3,(H,30,31). The average molecular weight is 470 g/mol. The van der Waals surface area contributed by atoms with Gasteiger partial charge in [0, 0.05) is 17.7 Å². The number of benzene rings is 3. The van der Waals surface area contributed by atoms with Gasteiger partial charge in [0.05, 0.1) is 30.5 Å². The second-order valence-electron chi connectivity index (χ2n) is 10.2. The van der Waals surface area contributed by atoms with E-state index < -0.39 is 0 Å². The number of H-pyrrole nitrogens is 1. The number of aromatic nitrogens is 2. The first-order valence-electron chi connectivity index (χ1n) is 12.1. The Morgan fingerprint density at radius 2 is 1.83 bits per heavy atom. The molecule has 0 unspecified atom stereocenters. The molecule has 1 aliphatic rings. The molecular formula is C29H31N3O3. The number of rotatable bonds is 5. The fourth-order valence-corrected chi connectivity index (χ4v) is 4.21. The van der Waals surface area contributed by atoms with E-state index in [1.165, 1.54) is 0 Å². The number of amides is 1. The Bertz CT molecular complexity index is 1340. The van der Waals surface area contributed by atoms with Crippen LogP contribution in [0.1, 0.15) is 43.1 Å². The van der Waals surface area contributed by atoms with Crippen LogP contribution >= 0.6 is 0 Å². The zero-order chi connectivity index (χ0) is 24.4. The summed E-state index contributed by atoms with van der Waals surface area (Å²) in [7, 11) is 0. The third-order valence-electron chi connectivity index (χ3n) is 6.30. The molecule has 0 fully saturated rings. The maximum Gasteiger partial charge on any atom is 0.254 e. The van der Waals surface area contributed by atoms with E-state index in [1.807, 2.05) is 41.3 Å². The second-order valence-corrected chi connectivity index (χ2v) is 10.2. The third kappa shape index (κ3) is 5.32. The molecule has 1 aromatic heterocycles. The Kier molecular flexibility index (Phi) is 6.20. The van der Waals surface area contributed by atoms with Crippen molar-refractivity contribution in [2.75, 3.05) is 19.8 Å². The topological polar surface area (TPSA) is 67.4 Å². The summed E-state index contributed by atoms with van der Waals surface area (Å²) >= 11 is 0. The van der Waals surface area contributed by atoms with Gasteiger partial charge in [-0.05, 0) is 71.5 Å². The number of ether oxygens (including phenoxy) is 2. The first kappa shape index (κ1) is 23.0. The molecule has 0 saturated carbocycles. The molecule has 5 rings (SSSR count). The summed E-state index contributed by atoms with van der Waals surface area (Å²) in [5.41, 5.74) is 5.99. The average Bonchev–Trinajstić information content (AvgIpc) is 3.21. The molecule has 3 aromatic carbocycles. The number of hydrogen-bond donors (Lipinski definition) is 1. The molecule has 0 saturated heterocycles. The summed E-state index contributed by atoms with van der Waals surface area (Å²) < 4.78 is 11.8. The van der Waals surface area contributed by atoms with Gasteiger partial charge in [0.15, 0.2) is 0 Å². The number of carbonyl (C=O) groups excluding carboxylic acids is 1. The van der Waals surface area contributed by atoms with E-state index in [1.54, 1.807) is 6.33 Å². The maximum atomic E-state index is 13.3. The summed E-state index contributed by atoms with van der Waals surface area (Å²) in [5.74, 6) is 1.61. The molecule has 35 heavy (non-hydrogen) atoms. The zero-order valence-corrected chi connectivity index (χ0v) is 20.5. The molecule has 6 nitrogen and oxygen atoms in total. The predicted molar refractivity (Wildman–Crippen MR) is 138 cm³/mol. The van der Waals surface area contributed by atoms with Crippen LogP contribution in [0.3, 0.4) is 0 Å². The van der Waals surface area contributed by atoms with Crippen molar-refractivity contribution in [1.29, 1.82) is 0 Å². The first-order chi connectivity index (χ1) is 16.9. The minimum Gasteiger partial charge on any atom is -0.494 e. The lowest BCUT2D eigenvalue weighted by Crippen LogP contribution is -2.32. The Hall–Kier alpha value is -3.80. The van der Waals surface area contributed by atoms with Gasteiger partial charge in [0.2, 0.25) is 0 Å². The van der Waals surface area contributed by atoms with E-state index in [9.17, 15) is 4.79 Å². The van der Waals surface area contributed by atoms with Crippen molar-refractivity contribution in [1.82, 2.24) is 14.9 Å². The van der Waals surface area contributed by atoms with Gasteiger partial charge in [-0.25, -0.2) is 4.98 Å². The molecule has 1 amide bonds. The Balaban J connectivity index is 1.31. The molecule has 2 heterocycles. The highest BCUT2D eigenvalue weighted by Crippen LogP contribution is 2.31. The molecule has 0 bridgehead atoms. The van der Waals surface area contributed by atoms with Crippen molar-refractivity contribution in [3.8, 4) is 22.6 Å². The van der Waals surface area contributed by atoms with Crippen LogP contribution in [0.15, 0.2) is 67.0 Å². The van der Waals surface area contributed by atoms with Crippen LogP contribution in [-0.4, -0.2) is 40.5 Å². The van der Waals surface area contributed by atoms with Gasteiger partial charge in [-0.3, -0.25) is 4.79 Å². The number of nitrogens with zero attached hydrogens (tertiary/aromatic N) is 2. The van der Waals surface area contributed by atoms with Gasteiger partial charge < -0.3 is 19.4 Å². The first-order valence-corrected chi connectivity index (χ1v) is 12.1. The summed E-state index contributed by atoms with van der Waals surface area (Å²) in [4.78, 5) is 22.6. The number of carbonyl (C=O) groups is 1. The van der Waals surface area contributed by atoms with Crippen LogP contribution in [0.25, 0.3) is 22.2 Å². The number of nitrogens with one attached hydrogen (secondary N) is 1. The normalized spacial score (nSPS) is 13.7. The van der Waals surface area contributed by atoms with Gasteiger partial charge in [-0.15, -0.1) is 0 Å². The molecule has 0 spiro atoms. The molecule has 1 N–H and O–H groups in total. The maximum absolute atomic E-state index is 13.3. The largest absolute Gasteiger partial charge is 0.494 e. The quantitative estimate of drug-likeness (QED) is 0.385. The van der Waals surface area contributed by atoms with Crippen LogP contribution < -0.4 is 9.47 Å². The van der Waals surface area contributed by atoms with Crippen molar-refractivity contribution < 1.29 is 14.3 Å². The van der Waals surface area contributed by atoms with E-state index >= 15 is 0 Å². The summed E-state index contributed by atoms with van der Waals surface area (Å²) in [6.45, 7) is 8.75. The molecule has 0 atom stereocenters. The summed E-state index contributed by atoms with van der Waals surface area (Å²) in [6, 6.07) is 19.8. The highest BCUT2D eigenvalue weighted by molar-refractivity contribution is 5.94. The molecule has 0 aliphatic carbocycles. The molecule has 6 heteroatoms. The summed E-state index contributed by atoms with van der Waals surface area (Å²) in [6.07, 6.45) is 2.67. The molecule has 4 aromatic rings. The summed E-state index contributed by atoms with van der Waals surface area (Å²) in [5, 5.41) is 0. The smallest absolute Gasteiger partial charge is 0.254 e. The fourth-order valence-electron chi connectivity index (χ4n) is 4.21. The van der Waals surface area contributed by atoms with Crippen molar-refractivity contribution in [2.24, 2.45) is 5.41 Å². The van der Waals surface area contributed by atoms with Crippen LogP contribution in [-0.2, 0) is 6.54 Å². The van der Waals surface area contributed by atoms with Gasteiger partial charge in [0.1, 0.15) is 18.1 Å². The molecular weight excluding hydrogens is 438 g/mol. The third-order valence-corrected chi connectivity index (χ3v) is 6.30. The van der Waals surface area contributed by atoms with Crippen molar-refractivity contribution in [2.45, 2.75) is 33.7 Å². The second kappa shape index (κ2) is 9.45. The Morgan fingerprint density at radius 3 is 2.63 bits per heavy atom. The Morgan fingerprint density at radius 1 is 1.06 bits per heavy atom. The highest BCUT2D eigenvalue weighted by atomic mass is 16.5. The monoisotopic (exact) mass is 469 g/mol. The van der Waals surface area contributed by atoms with Gasteiger partial charge in [-0.2, -0.15) is 0 Å². The van der Waals surface area contributed by atoms with Gasteiger partial charge in [-0.1, -0.05) is 32.9 Å². The van der Waals surface area contributed by atoms with Crippen LogP contribution in [0.5, 0.6) is 11.5 Å². The van der Waals surface area contributed by atoms with Crippen LogP contribution in [0.2, 0.25) is 0 Å². The van der Waals surface area contributed by atoms with Crippen LogP contribution in [0, 0.1) is 5.41 Å². The van der Waals surface area contributed by atoms with Crippen molar-refractivity contribution in [3.05, 3.63) is 78.1 Å². The predicted octanol–water partition coefficient (Wildman–Crippen LogP) is 6.08. The van der Waals surface area contributed by atoms with E-state index in [0.717, 1.165) is 45.6 Å². The number of aromatic amines is 1. The van der Waals surface area contributed by atoms with E-state index in [4.69, 9.17) is 9.47 Å². The molecule has 180 valence electrons. The molecule has 1 aliphatic heterocycles. The van der Waals surface area contributed by atoms with E-state index in [0.29, 0.717) is 31.9 Å². The number of imidazole rings is 1. The van der Waals surface area contributed by atoms with E-state index in [2.05, 4.69) is 55.0 Å². The lowest BCUT2D eigenvalue weighted by Gasteiger charge is -2.20. The minimum atomic E-state index is -0.00743. The highest BCUT2D eigenvalue weighted by Gasteiger charge is 2.22. The number of fused-ring (bicyclic) bond motifs is 2. The lowest BCUT2D eigenvalue weighted by molar-refractivity contribution is 0.0733. The molecule has 0 radical (unpaired) electrons. The van der Waals surface area contributed by atoms with Crippen molar-refractivity contribution >= 4 is 16.9 Å². The van der Waals surface area contributed by atoms with E-state index in [-0.39, 0.29) is 11.3 Å². The number of hydrogen-bond acceptors (Lipinski definition) is 4. The Labute approximate surface area is 205 Å². The van der Waals surface area contributed by atoms with Crippen LogP contribution in [0.4, 0.5) is 0 Å².